The van der Waals surface area contributed by atoms with Gasteiger partial charge < -0.3 is 9.67 Å². The number of ketones is 1. The molecule has 0 unspecified atom stereocenters. The zero-order chi connectivity index (χ0) is 11.0. The van der Waals surface area contributed by atoms with Gasteiger partial charge in [0.05, 0.1) is 11.2 Å². The third kappa shape index (κ3) is 1.40. The molecule has 0 amide bonds. The number of hydrogen-bond acceptors (Lipinski definition) is 2. The van der Waals surface area contributed by atoms with Crippen LogP contribution in [0, 0.1) is 0 Å². The Balaban J connectivity index is 2.86. The van der Waals surface area contributed by atoms with Gasteiger partial charge in [-0.25, -0.2) is 0 Å². The van der Waals surface area contributed by atoms with Crippen LogP contribution in [0.15, 0.2) is 24.3 Å². The van der Waals surface area contributed by atoms with E-state index in [1.54, 1.807) is 12.1 Å². The molecule has 3 nitrogen and oxygen atoms in total. The predicted octanol–water partition coefficient (Wildman–Crippen LogP) is 2.57. The second kappa shape index (κ2) is 3.42. The molecular weight excluding hydrogens is 190 g/mol. The normalized spacial score (nSPS) is 10.8. The van der Waals surface area contributed by atoms with E-state index >= 15 is 0 Å². The summed E-state index contributed by atoms with van der Waals surface area (Å²) in [6, 6.07) is 7.13. The number of nitrogens with zero attached hydrogens (tertiary/aromatic N) is 1. The molecule has 0 aliphatic carbocycles. The van der Waals surface area contributed by atoms with Crippen LogP contribution in [-0.2, 0) is 6.54 Å². The van der Waals surface area contributed by atoms with E-state index in [1.165, 1.54) is 6.92 Å². The number of aromatic nitrogens is 1. The van der Waals surface area contributed by atoms with Crippen LogP contribution >= 0.6 is 0 Å². The third-order valence-corrected chi connectivity index (χ3v) is 2.58. The van der Waals surface area contributed by atoms with Crippen molar-refractivity contribution in [1.29, 1.82) is 0 Å². The fraction of sp³-hybridized carbons (Fsp3) is 0.250. The van der Waals surface area contributed by atoms with E-state index in [0.717, 1.165) is 10.9 Å². The summed E-state index contributed by atoms with van der Waals surface area (Å²) in [7, 11) is 0. The van der Waals surface area contributed by atoms with E-state index in [-0.39, 0.29) is 11.5 Å². The smallest absolute Gasteiger partial charge is 0.176 e. The molecule has 0 fully saturated rings. The number of phenols is 1. The first-order valence-electron chi connectivity index (χ1n) is 4.97. The molecule has 0 atom stereocenters. The maximum atomic E-state index is 11.4. The summed E-state index contributed by atoms with van der Waals surface area (Å²) in [6.45, 7) is 4.17. The van der Waals surface area contributed by atoms with Crippen LogP contribution in [0.3, 0.4) is 0 Å². The van der Waals surface area contributed by atoms with Crippen LogP contribution in [0.1, 0.15) is 24.3 Å². The molecule has 0 saturated carbocycles. The Bertz CT molecular complexity index is 526. The number of phenolic OH excluding ortho intramolecular Hbond substituents is 1. The maximum Gasteiger partial charge on any atom is 0.176 e. The monoisotopic (exact) mass is 203 g/mol. The fourth-order valence-electron chi connectivity index (χ4n) is 1.93. The molecule has 0 bridgehead atoms. The first-order chi connectivity index (χ1) is 7.15. The molecule has 0 aliphatic heterocycles. The van der Waals surface area contributed by atoms with Gasteiger partial charge in [-0.1, -0.05) is 12.1 Å². The first-order valence-corrected chi connectivity index (χ1v) is 4.97. The van der Waals surface area contributed by atoms with Gasteiger partial charge in [0, 0.05) is 18.9 Å². The van der Waals surface area contributed by atoms with Crippen molar-refractivity contribution in [3.63, 3.8) is 0 Å². The van der Waals surface area contributed by atoms with E-state index in [4.69, 9.17) is 0 Å². The molecule has 0 aliphatic rings. The number of para-hydroxylation sites is 1. The molecule has 1 aromatic heterocycles. The minimum atomic E-state index is 0.0208. The molecule has 0 spiro atoms. The summed E-state index contributed by atoms with van der Waals surface area (Å²) in [5, 5.41) is 10.7. The molecule has 1 heterocycles. The lowest BCUT2D eigenvalue weighted by atomic mass is 10.2. The zero-order valence-electron chi connectivity index (χ0n) is 8.82. The molecule has 2 rings (SSSR count). The summed E-state index contributed by atoms with van der Waals surface area (Å²) in [5.74, 6) is 0.245. The number of rotatable bonds is 2. The first kappa shape index (κ1) is 9.77. The fourth-order valence-corrected chi connectivity index (χ4v) is 1.93. The largest absolute Gasteiger partial charge is 0.506 e. The number of aryl methyl sites for hydroxylation is 1. The van der Waals surface area contributed by atoms with Crippen molar-refractivity contribution in [3.05, 3.63) is 30.0 Å². The Morgan fingerprint density at radius 2 is 2.20 bits per heavy atom. The van der Waals surface area contributed by atoms with Crippen LogP contribution in [0.4, 0.5) is 0 Å². The van der Waals surface area contributed by atoms with Crippen LogP contribution in [0.5, 0.6) is 5.75 Å². The van der Waals surface area contributed by atoms with Crippen LogP contribution in [0.2, 0.25) is 0 Å². The highest BCUT2D eigenvalue weighted by Crippen LogP contribution is 2.28. The lowest BCUT2D eigenvalue weighted by molar-refractivity contribution is 0.100. The van der Waals surface area contributed by atoms with Gasteiger partial charge in [-0.05, 0) is 19.1 Å². The molecule has 1 aromatic carbocycles. The van der Waals surface area contributed by atoms with Gasteiger partial charge >= 0.3 is 0 Å². The second-order valence-electron chi connectivity index (χ2n) is 3.54. The standard InChI is InChI=1S/C12H13NO2/c1-3-13-10(8(2)14)7-9-5-4-6-11(15)12(9)13/h4-7,15H,3H2,1-2H3. The van der Waals surface area contributed by atoms with Crippen molar-refractivity contribution in [1.82, 2.24) is 4.57 Å². The average molecular weight is 203 g/mol. The predicted molar refractivity (Wildman–Crippen MR) is 59.3 cm³/mol. The molecule has 1 N–H and O–H groups in total. The highest BCUT2D eigenvalue weighted by molar-refractivity contribution is 6.00. The molecular formula is C12H13NO2. The number of carbonyl (C=O) groups is 1. The van der Waals surface area contributed by atoms with Crippen LogP contribution < -0.4 is 0 Å². The Labute approximate surface area is 87.9 Å². The molecule has 15 heavy (non-hydrogen) atoms. The van der Waals surface area contributed by atoms with Gasteiger partial charge in [-0.3, -0.25) is 4.79 Å². The van der Waals surface area contributed by atoms with Gasteiger partial charge in [-0.2, -0.15) is 0 Å². The van der Waals surface area contributed by atoms with Gasteiger partial charge in [0.2, 0.25) is 0 Å². The van der Waals surface area contributed by atoms with Crippen molar-refractivity contribution in [2.45, 2.75) is 20.4 Å². The zero-order valence-corrected chi connectivity index (χ0v) is 8.82. The molecule has 2 aromatic rings. The van der Waals surface area contributed by atoms with Crippen molar-refractivity contribution in [3.8, 4) is 5.75 Å². The van der Waals surface area contributed by atoms with Crippen molar-refractivity contribution >= 4 is 16.7 Å². The second-order valence-corrected chi connectivity index (χ2v) is 3.54. The maximum absolute atomic E-state index is 11.4. The Morgan fingerprint density at radius 3 is 2.80 bits per heavy atom. The molecule has 78 valence electrons. The SMILES string of the molecule is CCn1c(C(C)=O)cc2cccc(O)c21. The number of carbonyl (C=O) groups excluding carboxylic acids is 1. The van der Waals surface area contributed by atoms with Crippen LogP contribution in [-0.4, -0.2) is 15.5 Å². The third-order valence-electron chi connectivity index (χ3n) is 2.58. The van der Waals surface area contributed by atoms with Crippen molar-refractivity contribution in [2.24, 2.45) is 0 Å². The van der Waals surface area contributed by atoms with E-state index in [9.17, 15) is 9.90 Å². The summed E-state index contributed by atoms with van der Waals surface area (Å²) in [4.78, 5) is 11.4. The van der Waals surface area contributed by atoms with Gasteiger partial charge in [0.1, 0.15) is 5.75 Å². The number of fused-ring (bicyclic) bond motifs is 1. The number of Topliss-reactive ketones (excluding diaryl/α,β-unsaturated/α-hetero) is 1. The van der Waals surface area contributed by atoms with Gasteiger partial charge in [-0.15, -0.1) is 0 Å². The van der Waals surface area contributed by atoms with Crippen molar-refractivity contribution < 1.29 is 9.90 Å². The minimum absolute atomic E-state index is 0.0208. The Hall–Kier alpha value is -1.77. The average Bonchev–Trinajstić information content (AvgIpc) is 2.57. The van der Waals surface area contributed by atoms with E-state index in [1.807, 2.05) is 23.6 Å². The molecule has 0 radical (unpaired) electrons. The summed E-state index contributed by atoms with van der Waals surface area (Å²) >= 11 is 0. The van der Waals surface area contributed by atoms with Crippen LogP contribution in [0.25, 0.3) is 10.9 Å². The number of hydrogen-bond donors (Lipinski definition) is 1. The van der Waals surface area contributed by atoms with E-state index in [2.05, 4.69) is 0 Å². The lowest BCUT2D eigenvalue weighted by Crippen LogP contribution is -2.04. The quantitative estimate of drug-likeness (QED) is 0.762. The Morgan fingerprint density at radius 1 is 1.47 bits per heavy atom. The number of aromatic hydroxyl groups is 1. The Kier molecular flexibility index (Phi) is 2.23. The minimum Gasteiger partial charge on any atom is -0.506 e. The highest BCUT2D eigenvalue weighted by Gasteiger charge is 2.13. The highest BCUT2D eigenvalue weighted by atomic mass is 16.3. The van der Waals surface area contributed by atoms with Crippen molar-refractivity contribution in [2.75, 3.05) is 0 Å². The van der Waals surface area contributed by atoms with Gasteiger partial charge in [0.15, 0.2) is 5.78 Å². The summed E-state index contributed by atoms with van der Waals surface area (Å²) in [6.07, 6.45) is 0. The topological polar surface area (TPSA) is 42.2 Å². The summed E-state index contributed by atoms with van der Waals surface area (Å²) < 4.78 is 1.84. The van der Waals surface area contributed by atoms with E-state index in [0.29, 0.717) is 12.2 Å². The summed E-state index contributed by atoms with van der Waals surface area (Å²) in [5.41, 5.74) is 1.39. The van der Waals surface area contributed by atoms with Gasteiger partial charge in [0.25, 0.3) is 0 Å². The molecule has 0 saturated heterocycles. The van der Waals surface area contributed by atoms with E-state index < -0.39 is 0 Å². The lowest BCUT2D eigenvalue weighted by Gasteiger charge is -2.05. The molecule has 3 heteroatoms. The number of benzene rings is 1.